The predicted molar refractivity (Wildman–Crippen MR) is 59.4 cm³/mol. The number of nitrogens with zero attached hydrogens (tertiary/aromatic N) is 2. The molecule has 0 bridgehead atoms. The van der Waals surface area contributed by atoms with Gasteiger partial charge in [0.05, 0.1) is 12.4 Å². The highest BCUT2D eigenvalue weighted by Gasteiger charge is 2.23. The molecular weight excluding hydrogens is 206 g/mol. The molecule has 1 unspecified atom stereocenters. The molecule has 2 N–H and O–H groups in total. The zero-order chi connectivity index (χ0) is 11.5. The molecule has 16 heavy (non-hydrogen) atoms. The number of hydrogen-bond donors (Lipinski definition) is 2. The van der Waals surface area contributed by atoms with Crippen LogP contribution in [0, 0.1) is 5.92 Å². The summed E-state index contributed by atoms with van der Waals surface area (Å²) < 4.78 is 0. The minimum Gasteiger partial charge on any atom is -0.476 e. The van der Waals surface area contributed by atoms with E-state index in [4.69, 9.17) is 5.11 Å². The molecule has 0 aromatic carbocycles. The maximum absolute atomic E-state index is 10.6. The quantitative estimate of drug-likeness (QED) is 0.810. The third-order valence-corrected chi connectivity index (χ3v) is 3.10. The molecular formula is C11H15N3O2. The summed E-state index contributed by atoms with van der Waals surface area (Å²) in [6, 6.07) is 0.374. The summed E-state index contributed by atoms with van der Waals surface area (Å²) in [4.78, 5) is 18.4. The Labute approximate surface area is 93.9 Å². The highest BCUT2D eigenvalue weighted by molar-refractivity contribution is 5.84. The smallest absolute Gasteiger partial charge is 0.356 e. The number of aromatic nitrogens is 2. The first kappa shape index (κ1) is 10.9. The SMILES string of the molecule is CC(Nc1cnc(C(=O)O)cn1)C1CCC1. The molecule has 1 atom stereocenters. The van der Waals surface area contributed by atoms with Gasteiger partial charge >= 0.3 is 5.97 Å². The van der Waals surface area contributed by atoms with Gasteiger partial charge in [-0.25, -0.2) is 14.8 Å². The van der Waals surface area contributed by atoms with Gasteiger partial charge in [0.25, 0.3) is 0 Å². The number of carbonyl (C=O) groups is 1. The number of nitrogens with one attached hydrogen (secondary N) is 1. The van der Waals surface area contributed by atoms with Crippen LogP contribution in [0.4, 0.5) is 5.82 Å². The van der Waals surface area contributed by atoms with Crippen molar-refractivity contribution < 1.29 is 9.90 Å². The van der Waals surface area contributed by atoms with E-state index in [1.54, 1.807) is 0 Å². The maximum Gasteiger partial charge on any atom is 0.356 e. The van der Waals surface area contributed by atoms with Crippen molar-refractivity contribution in [2.45, 2.75) is 32.2 Å². The third kappa shape index (κ3) is 2.29. The Hall–Kier alpha value is -1.65. The van der Waals surface area contributed by atoms with E-state index in [2.05, 4.69) is 22.2 Å². The Kier molecular flexibility index (Phi) is 3.03. The summed E-state index contributed by atoms with van der Waals surface area (Å²) in [6.07, 6.45) is 6.57. The van der Waals surface area contributed by atoms with Crippen LogP contribution in [-0.4, -0.2) is 27.1 Å². The summed E-state index contributed by atoms with van der Waals surface area (Å²) in [5.74, 6) is 0.302. The average Bonchev–Trinajstić information content (AvgIpc) is 2.15. The second-order valence-electron chi connectivity index (χ2n) is 4.22. The molecule has 5 nitrogen and oxygen atoms in total. The van der Waals surface area contributed by atoms with Gasteiger partial charge in [0, 0.05) is 6.04 Å². The number of anilines is 1. The molecule has 5 heteroatoms. The molecule has 0 aliphatic heterocycles. The molecule has 1 aliphatic carbocycles. The zero-order valence-electron chi connectivity index (χ0n) is 9.18. The molecule has 1 aromatic rings. The van der Waals surface area contributed by atoms with E-state index in [1.807, 2.05) is 0 Å². The van der Waals surface area contributed by atoms with Crippen molar-refractivity contribution in [2.75, 3.05) is 5.32 Å². The standard InChI is InChI=1S/C11H15N3O2/c1-7(8-3-2-4-8)14-10-6-12-9(5-13-10)11(15)16/h5-8H,2-4H2,1H3,(H,13,14)(H,15,16). The second-order valence-corrected chi connectivity index (χ2v) is 4.22. The van der Waals surface area contributed by atoms with Crippen molar-refractivity contribution in [3.63, 3.8) is 0 Å². The van der Waals surface area contributed by atoms with E-state index in [0.29, 0.717) is 17.8 Å². The lowest BCUT2D eigenvalue weighted by atomic mass is 9.80. The van der Waals surface area contributed by atoms with Gasteiger partial charge in [0.2, 0.25) is 0 Å². The number of rotatable bonds is 4. The first-order valence-electron chi connectivity index (χ1n) is 5.48. The molecule has 1 saturated carbocycles. The summed E-state index contributed by atoms with van der Waals surface area (Å²) in [7, 11) is 0. The van der Waals surface area contributed by atoms with Gasteiger partial charge in [-0.15, -0.1) is 0 Å². The van der Waals surface area contributed by atoms with Crippen LogP contribution in [0.25, 0.3) is 0 Å². The molecule has 2 rings (SSSR count). The highest BCUT2D eigenvalue weighted by Crippen LogP contribution is 2.30. The van der Waals surface area contributed by atoms with Crippen molar-refractivity contribution >= 4 is 11.8 Å². The number of carboxylic acids is 1. The molecule has 86 valence electrons. The van der Waals surface area contributed by atoms with Crippen LogP contribution in [0.1, 0.15) is 36.7 Å². The fourth-order valence-electron chi connectivity index (χ4n) is 1.80. The fraction of sp³-hybridized carbons (Fsp3) is 0.545. The molecule has 0 radical (unpaired) electrons. The first-order chi connectivity index (χ1) is 7.66. The Morgan fingerprint density at radius 3 is 2.69 bits per heavy atom. The van der Waals surface area contributed by atoms with Crippen LogP contribution in [0.15, 0.2) is 12.4 Å². The van der Waals surface area contributed by atoms with Crippen LogP contribution in [0.2, 0.25) is 0 Å². The van der Waals surface area contributed by atoms with E-state index in [0.717, 1.165) is 0 Å². The Balaban J connectivity index is 1.96. The molecule has 0 spiro atoms. The minimum absolute atomic E-state index is 0.0261. The lowest BCUT2D eigenvalue weighted by Gasteiger charge is -2.32. The lowest BCUT2D eigenvalue weighted by molar-refractivity contribution is 0.0690. The van der Waals surface area contributed by atoms with Gasteiger partial charge in [0.1, 0.15) is 5.82 Å². The predicted octanol–water partition coefficient (Wildman–Crippen LogP) is 1.78. The Morgan fingerprint density at radius 1 is 1.50 bits per heavy atom. The van der Waals surface area contributed by atoms with Crippen molar-refractivity contribution in [1.82, 2.24) is 9.97 Å². The van der Waals surface area contributed by atoms with Gasteiger partial charge in [-0.1, -0.05) is 6.42 Å². The number of carboxylic acid groups (broad SMARTS) is 1. The summed E-state index contributed by atoms with van der Waals surface area (Å²) in [5, 5.41) is 11.9. The molecule has 0 saturated heterocycles. The minimum atomic E-state index is -1.05. The monoisotopic (exact) mass is 221 g/mol. The van der Waals surface area contributed by atoms with E-state index in [1.165, 1.54) is 31.7 Å². The van der Waals surface area contributed by atoms with Crippen LogP contribution in [0.3, 0.4) is 0 Å². The van der Waals surface area contributed by atoms with Crippen LogP contribution in [0.5, 0.6) is 0 Å². The van der Waals surface area contributed by atoms with Crippen molar-refractivity contribution in [2.24, 2.45) is 5.92 Å². The van der Waals surface area contributed by atoms with Crippen LogP contribution in [-0.2, 0) is 0 Å². The van der Waals surface area contributed by atoms with Gasteiger partial charge < -0.3 is 10.4 Å². The van der Waals surface area contributed by atoms with Crippen molar-refractivity contribution in [1.29, 1.82) is 0 Å². The van der Waals surface area contributed by atoms with E-state index in [-0.39, 0.29) is 5.69 Å². The second kappa shape index (κ2) is 4.47. The molecule has 1 fully saturated rings. The van der Waals surface area contributed by atoms with Gasteiger partial charge in [-0.05, 0) is 25.7 Å². The van der Waals surface area contributed by atoms with E-state index in [9.17, 15) is 4.79 Å². The number of hydrogen-bond acceptors (Lipinski definition) is 4. The first-order valence-corrected chi connectivity index (χ1v) is 5.48. The fourth-order valence-corrected chi connectivity index (χ4v) is 1.80. The number of aromatic carboxylic acids is 1. The molecule has 0 amide bonds. The Bertz CT molecular complexity index is 373. The largest absolute Gasteiger partial charge is 0.476 e. The van der Waals surface area contributed by atoms with Crippen molar-refractivity contribution in [3.05, 3.63) is 18.1 Å². The zero-order valence-corrected chi connectivity index (χ0v) is 9.18. The molecule has 1 heterocycles. The Morgan fingerprint density at radius 2 is 2.25 bits per heavy atom. The van der Waals surface area contributed by atoms with E-state index < -0.39 is 5.97 Å². The summed E-state index contributed by atoms with van der Waals surface area (Å²) in [6.45, 7) is 2.12. The average molecular weight is 221 g/mol. The van der Waals surface area contributed by atoms with Crippen LogP contribution >= 0.6 is 0 Å². The van der Waals surface area contributed by atoms with Gasteiger partial charge in [-0.2, -0.15) is 0 Å². The van der Waals surface area contributed by atoms with Gasteiger partial charge in [-0.3, -0.25) is 0 Å². The lowest BCUT2D eigenvalue weighted by Crippen LogP contribution is -2.31. The summed E-state index contributed by atoms with van der Waals surface area (Å²) in [5.41, 5.74) is -0.0261. The molecule has 1 aromatic heterocycles. The highest BCUT2D eigenvalue weighted by atomic mass is 16.4. The topological polar surface area (TPSA) is 75.1 Å². The van der Waals surface area contributed by atoms with Crippen LogP contribution < -0.4 is 5.32 Å². The third-order valence-electron chi connectivity index (χ3n) is 3.10. The molecule has 1 aliphatic rings. The summed E-state index contributed by atoms with van der Waals surface area (Å²) >= 11 is 0. The normalized spacial score (nSPS) is 17.6. The van der Waals surface area contributed by atoms with Crippen molar-refractivity contribution in [3.8, 4) is 0 Å². The van der Waals surface area contributed by atoms with E-state index >= 15 is 0 Å². The maximum atomic E-state index is 10.6. The van der Waals surface area contributed by atoms with Gasteiger partial charge in [0.15, 0.2) is 5.69 Å².